The van der Waals surface area contributed by atoms with Crippen LogP contribution in [-0.2, 0) is 12.7 Å². The lowest BCUT2D eigenvalue weighted by molar-refractivity contribution is -0.137. The van der Waals surface area contributed by atoms with E-state index in [1.807, 2.05) is 20.8 Å². The Morgan fingerprint density at radius 1 is 0.913 bits per heavy atom. The first-order valence-electron chi connectivity index (χ1n) is 14.7. The second kappa shape index (κ2) is 17.6. The van der Waals surface area contributed by atoms with Gasteiger partial charge in [0, 0.05) is 30.5 Å². The van der Waals surface area contributed by atoms with Gasteiger partial charge in [-0.15, -0.1) is 6.58 Å². The second-order valence-corrected chi connectivity index (χ2v) is 9.84. The van der Waals surface area contributed by atoms with Crippen LogP contribution in [0.1, 0.15) is 48.6 Å². The maximum absolute atomic E-state index is 15.3. The highest BCUT2D eigenvalue weighted by Crippen LogP contribution is 2.42. The number of methoxy groups -OCH3 is 1. The van der Waals surface area contributed by atoms with Gasteiger partial charge in [0.15, 0.2) is 11.6 Å². The van der Waals surface area contributed by atoms with Crippen molar-refractivity contribution in [3.63, 3.8) is 0 Å². The van der Waals surface area contributed by atoms with Crippen molar-refractivity contribution in [3.05, 3.63) is 156 Å². The average molecular weight is 637 g/mol. The summed E-state index contributed by atoms with van der Waals surface area (Å²) in [6, 6.07) is 11.9. The molecule has 0 amide bonds. The molecule has 0 atom stereocenters. The summed E-state index contributed by atoms with van der Waals surface area (Å²) in [6.45, 7) is 16.4. The fourth-order valence-electron chi connectivity index (χ4n) is 4.44. The standard InChI is InChI=1S/C33H29F5N2O.C3H6.C2H6/c1-5-6-7-10-31-26(27-16-21(2)22(3)17-28(27)33(36,37)38)9-8-15-40(31)24-18-29(34)32(30(35)19-24)39-20-23-11-13-25(41-4)14-12-23;1-3-2;1-2/h5-19,39H,1,20H2,2-4H3;3H,1H2,2H3;1-2H3/b7-6+,31-10-;;. The van der Waals surface area contributed by atoms with Crippen LogP contribution in [0.15, 0.2) is 116 Å². The minimum atomic E-state index is -4.61. The highest BCUT2D eigenvalue weighted by Gasteiger charge is 2.36. The van der Waals surface area contributed by atoms with E-state index < -0.39 is 23.4 Å². The molecule has 1 aliphatic rings. The maximum Gasteiger partial charge on any atom is 0.417 e. The molecule has 0 aliphatic carbocycles. The molecule has 0 bridgehead atoms. The van der Waals surface area contributed by atoms with Crippen molar-refractivity contribution in [1.29, 1.82) is 0 Å². The molecule has 3 aromatic rings. The number of hydrogen-bond acceptors (Lipinski definition) is 3. The fraction of sp³-hybridized carbons (Fsp3) is 0.211. The number of hydrogen-bond donors (Lipinski definition) is 1. The van der Waals surface area contributed by atoms with Crippen LogP contribution in [0.25, 0.3) is 5.57 Å². The normalized spacial score (nSPS) is 13.3. The summed E-state index contributed by atoms with van der Waals surface area (Å²) in [5.74, 6) is -1.03. The zero-order valence-corrected chi connectivity index (χ0v) is 27.1. The summed E-state index contributed by atoms with van der Waals surface area (Å²) in [6.07, 6.45) is 8.10. The van der Waals surface area contributed by atoms with E-state index in [1.54, 1.807) is 87.9 Å². The van der Waals surface area contributed by atoms with Crippen LogP contribution in [-0.4, -0.2) is 7.11 Å². The van der Waals surface area contributed by atoms with E-state index in [-0.39, 0.29) is 29.1 Å². The Morgan fingerprint density at radius 3 is 2.04 bits per heavy atom. The lowest BCUT2D eigenvalue weighted by Gasteiger charge is -2.30. The van der Waals surface area contributed by atoms with Crippen molar-refractivity contribution in [1.82, 2.24) is 0 Å². The van der Waals surface area contributed by atoms with Gasteiger partial charge < -0.3 is 15.0 Å². The van der Waals surface area contributed by atoms with E-state index >= 15 is 8.78 Å². The Kier molecular flexibility index (Phi) is 14.3. The van der Waals surface area contributed by atoms with Crippen LogP contribution in [0, 0.1) is 25.5 Å². The molecule has 3 aromatic carbocycles. The molecular formula is C38H41F5N2O. The molecule has 0 aromatic heterocycles. The van der Waals surface area contributed by atoms with Gasteiger partial charge in [0.1, 0.15) is 11.4 Å². The second-order valence-electron chi connectivity index (χ2n) is 9.84. The number of aryl methyl sites for hydroxylation is 2. The molecule has 8 heteroatoms. The summed E-state index contributed by atoms with van der Waals surface area (Å²) in [7, 11) is 1.54. The molecular weight excluding hydrogens is 595 g/mol. The minimum Gasteiger partial charge on any atom is -0.497 e. The third-order valence-electron chi connectivity index (χ3n) is 6.70. The van der Waals surface area contributed by atoms with E-state index in [1.165, 1.54) is 17.0 Å². The van der Waals surface area contributed by atoms with E-state index in [0.717, 1.165) is 23.8 Å². The number of benzene rings is 3. The van der Waals surface area contributed by atoms with Crippen molar-refractivity contribution in [2.24, 2.45) is 0 Å². The van der Waals surface area contributed by atoms with Crippen molar-refractivity contribution >= 4 is 16.9 Å². The summed E-state index contributed by atoms with van der Waals surface area (Å²) in [5, 5.41) is 2.79. The number of rotatable bonds is 8. The quantitative estimate of drug-likeness (QED) is 0.151. The minimum absolute atomic E-state index is 0.0353. The summed E-state index contributed by atoms with van der Waals surface area (Å²) in [5.41, 5.74) is 1.48. The smallest absolute Gasteiger partial charge is 0.417 e. The van der Waals surface area contributed by atoms with Crippen LogP contribution >= 0.6 is 0 Å². The Bertz CT molecular complexity index is 1590. The van der Waals surface area contributed by atoms with Crippen LogP contribution in [0.4, 0.5) is 33.3 Å². The Labute approximate surface area is 269 Å². The lowest BCUT2D eigenvalue weighted by atomic mass is 9.90. The topological polar surface area (TPSA) is 24.5 Å². The van der Waals surface area contributed by atoms with Gasteiger partial charge in [-0.25, -0.2) is 8.78 Å². The van der Waals surface area contributed by atoms with Crippen LogP contribution in [0.3, 0.4) is 0 Å². The monoisotopic (exact) mass is 636 g/mol. The van der Waals surface area contributed by atoms with Crippen molar-refractivity contribution in [2.45, 2.75) is 47.3 Å². The van der Waals surface area contributed by atoms with Crippen molar-refractivity contribution in [2.75, 3.05) is 17.3 Å². The molecule has 0 fully saturated rings. The third-order valence-corrected chi connectivity index (χ3v) is 6.70. The first kappa shape index (κ1) is 37.3. The van der Waals surface area contributed by atoms with Gasteiger partial charge in [-0.1, -0.05) is 69.0 Å². The highest BCUT2D eigenvalue weighted by atomic mass is 19.4. The fourth-order valence-corrected chi connectivity index (χ4v) is 4.44. The molecule has 1 N–H and O–H groups in total. The number of ether oxygens (including phenoxy) is 1. The van der Waals surface area contributed by atoms with Gasteiger partial charge in [-0.2, -0.15) is 13.2 Å². The molecule has 3 nitrogen and oxygen atoms in total. The number of nitrogens with one attached hydrogen (secondary N) is 1. The first-order valence-corrected chi connectivity index (χ1v) is 14.7. The zero-order chi connectivity index (χ0) is 34.4. The van der Waals surface area contributed by atoms with Gasteiger partial charge >= 0.3 is 6.18 Å². The largest absolute Gasteiger partial charge is 0.497 e. The predicted octanol–water partition coefficient (Wildman–Crippen LogP) is 11.5. The van der Waals surface area contributed by atoms with Crippen LogP contribution < -0.4 is 15.0 Å². The van der Waals surface area contributed by atoms with Crippen LogP contribution in [0.2, 0.25) is 0 Å². The summed E-state index contributed by atoms with van der Waals surface area (Å²) < 4.78 is 78.1. The van der Waals surface area contributed by atoms with Gasteiger partial charge in [-0.3, -0.25) is 0 Å². The summed E-state index contributed by atoms with van der Waals surface area (Å²) >= 11 is 0. The van der Waals surface area contributed by atoms with Gasteiger partial charge in [0.25, 0.3) is 0 Å². The van der Waals surface area contributed by atoms with E-state index in [0.29, 0.717) is 22.6 Å². The zero-order valence-electron chi connectivity index (χ0n) is 27.1. The maximum atomic E-state index is 15.3. The molecule has 0 radical (unpaired) electrons. The van der Waals surface area contributed by atoms with E-state index in [4.69, 9.17) is 4.74 Å². The van der Waals surface area contributed by atoms with Gasteiger partial charge in [0.05, 0.1) is 24.1 Å². The molecule has 244 valence electrons. The first-order chi connectivity index (χ1) is 21.9. The molecule has 0 unspecified atom stereocenters. The Morgan fingerprint density at radius 2 is 1.50 bits per heavy atom. The molecule has 1 heterocycles. The average Bonchev–Trinajstić information content (AvgIpc) is 3.03. The van der Waals surface area contributed by atoms with E-state index in [2.05, 4.69) is 18.5 Å². The number of allylic oxidation sites excluding steroid dienone is 8. The number of anilines is 2. The number of nitrogens with zero attached hydrogens (tertiary/aromatic N) is 1. The van der Waals surface area contributed by atoms with Gasteiger partial charge in [-0.05, 0) is 73.4 Å². The Hall–Kier alpha value is -4.85. The van der Waals surface area contributed by atoms with Gasteiger partial charge in [0.2, 0.25) is 0 Å². The molecule has 1 aliphatic heterocycles. The lowest BCUT2D eigenvalue weighted by Crippen LogP contribution is -2.21. The summed E-state index contributed by atoms with van der Waals surface area (Å²) in [4.78, 5) is 1.46. The van der Waals surface area contributed by atoms with Crippen molar-refractivity contribution in [3.8, 4) is 5.75 Å². The van der Waals surface area contributed by atoms with Crippen molar-refractivity contribution < 1.29 is 26.7 Å². The SMILES string of the molecule is C=C/C=C/C=C1/C(c2cc(C)c(C)cc2C(F)(F)F)=CC=CN1c1cc(F)c(NCc2ccc(OC)cc2)c(F)c1.C=CC.CC. The molecule has 4 rings (SSSR count). The molecule has 0 saturated carbocycles. The van der Waals surface area contributed by atoms with Crippen LogP contribution in [0.5, 0.6) is 5.75 Å². The highest BCUT2D eigenvalue weighted by molar-refractivity contribution is 5.89. The predicted molar refractivity (Wildman–Crippen MR) is 182 cm³/mol. The van der Waals surface area contributed by atoms with E-state index in [9.17, 15) is 13.2 Å². The Balaban J connectivity index is 0.00000139. The number of alkyl halides is 3. The molecule has 0 saturated heterocycles. The number of halogens is 5. The molecule has 46 heavy (non-hydrogen) atoms. The third kappa shape index (κ3) is 9.57. The molecule has 0 spiro atoms.